The van der Waals surface area contributed by atoms with E-state index in [1.165, 1.54) is 0 Å². The minimum atomic E-state index is -0.283. The Hall–Kier alpha value is -0.640. The van der Waals surface area contributed by atoms with Crippen molar-refractivity contribution in [1.82, 2.24) is 10.2 Å². The summed E-state index contributed by atoms with van der Waals surface area (Å²) >= 11 is 5.76. The molecular weight excluding hydrogens is 227 g/mol. The van der Waals surface area contributed by atoms with Crippen molar-refractivity contribution in [2.24, 2.45) is 0 Å². The summed E-state index contributed by atoms with van der Waals surface area (Å²) in [5, 5.41) is 3.43. The van der Waals surface area contributed by atoms with Crippen LogP contribution in [-0.2, 0) is 6.54 Å². The lowest BCUT2D eigenvalue weighted by Gasteiger charge is -2.37. The Balaban J connectivity index is 2.09. The molecule has 1 aromatic carbocycles. The molecule has 0 aliphatic carbocycles. The third-order valence-corrected chi connectivity index (χ3v) is 3.38. The van der Waals surface area contributed by atoms with Crippen LogP contribution in [-0.4, -0.2) is 30.6 Å². The molecule has 1 heterocycles. The Morgan fingerprint density at radius 3 is 2.81 bits per heavy atom. The summed E-state index contributed by atoms with van der Waals surface area (Å²) in [5.74, 6) is -0.283. The molecule has 1 N–H and O–H groups in total. The number of likely N-dealkylation sites (N-methyl/N-ethyl adjacent to an activating group) is 1. The van der Waals surface area contributed by atoms with E-state index in [1.54, 1.807) is 18.2 Å². The van der Waals surface area contributed by atoms with Crippen molar-refractivity contribution in [1.29, 1.82) is 0 Å². The predicted molar refractivity (Wildman–Crippen MR) is 64.2 cm³/mol. The molecule has 16 heavy (non-hydrogen) atoms. The quantitative estimate of drug-likeness (QED) is 0.872. The summed E-state index contributed by atoms with van der Waals surface area (Å²) in [5.41, 5.74) is 0.682. The lowest BCUT2D eigenvalue weighted by molar-refractivity contribution is 0.143. The van der Waals surface area contributed by atoms with Gasteiger partial charge in [0.2, 0.25) is 0 Å². The average Bonchev–Trinajstić information content (AvgIpc) is 2.21. The fourth-order valence-electron chi connectivity index (χ4n) is 1.92. The fraction of sp³-hybridized carbons (Fsp3) is 0.500. The molecule has 2 nitrogen and oxygen atoms in total. The summed E-state index contributed by atoms with van der Waals surface area (Å²) in [6.07, 6.45) is 0. The molecule has 1 aromatic rings. The zero-order chi connectivity index (χ0) is 11.5. The van der Waals surface area contributed by atoms with Crippen LogP contribution in [0, 0.1) is 5.82 Å². The van der Waals surface area contributed by atoms with E-state index >= 15 is 0 Å². The largest absolute Gasteiger partial charge is 0.314 e. The Labute approximate surface area is 100 Å². The van der Waals surface area contributed by atoms with Gasteiger partial charge in [-0.3, -0.25) is 4.90 Å². The smallest absolute Gasteiger partial charge is 0.146 e. The molecule has 4 heteroatoms. The zero-order valence-corrected chi connectivity index (χ0v) is 10.1. The molecule has 0 atom stereocenters. The highest BCUT2D eigenvalue weighted by Crippen LogP contribution is 2.20. The van der Waals surface area contributed by atoms with Gasteiger partial charge in [-0.05, 0) is 12.6 Å². The van der Waals surface area contributed by atoms with Crippen molar-refractivity contribution in [3.63, 3.8) is 0 Å². The van der Waals surface area contributed by atoms with E-state index in [4.69, 9.17) is 11.6 Å². The molecule has 0 radical (unpaired) electrons. The van der Waals surface area contributed by atoms with E-state index in [9.17, 15) is 4.39 Å². The summed E-state index contributed by atoms with van der Waals surface area (Å²) in [4.78, 5) is 2.27. The lowest BCUT2D eigenvalue weighted by atomic mass is 10.1. The van der Waals surface area contributed by atoms with Gasteiger partial charge in [0.25, 0.3) is 0 Å². The lowest BCUT2D eigenvalue weighted by Crippen LogP contribution is -2.56. The Morgan fingerprint density at radius 2 is 2.25 bits per heavy atom. The van der Waals surface area contributed by atoms with Gasteiger partial charge >= 0.3 is 0 Å². The van der Waals surface area contributed by atoms with E-state index in [0.29, 0.717) is 18.2 Å². The number of nitrogens with one attached hydrogen (secondary N) is 1. The van der Waals surface area contributed by atoms with Crippen LogP contribution < -0.4 is 5.32 Å². The molecule has 0 bridgehead atoms. The van der Waals surface area contributed by atoms with Gasteiger partial charge in [-0.15, -0.1) is 0 Å². The molecule has 1 aliphatic heterocycles. The predicted octanol–water partition coefficient (Wildman–Crippen LogP) is 2.27. The highest BCUT2D eigenvalue weighted by molar-refractivity contribution is 6.30. The topological polar surface area (TPSA) is 15.3 Å². The number of nitrogens with zero attached hydrogens (tertiary/aromatic N) is 1. The molecule has 2 rings (SSSR count). The normalized spacial score (nSPS) is 16.5. The van der Waals surface area contributed by atoms with Crippen LogP contribution in [0.3, 0.4) is 0 Å². The molecule has 1 saturated heterocycles. The molecule has 1 aliphatic rings. The highest BCUT2D eigenvalue weighted by atomic mass is 35.5. The van der Waals surface area contributed by atoms with Gasteiger partial charge in [0.15, 0.2) is 0 Å². The molecule has 0 saturated carbocycles. The van der Waals surface area contributed by atoms with E-state index in [2.05, 4.69) is 17.1 Å². The van der Waals surface area contributed by atoms with Crippen LogP contribution in [0.5, 0.6) is 0 Å². The second-order valence-corrected chi connectivity index (χ2v) is 4.50. The van der Waals surface area contributed by atoms with Crippen LogP contribution in [0.1, 0.15) is 12.5 Å². The number of hydrogen-bond donors (Lipinski definition) is 1. The van der Waals surface area contributed by atoms with Crippen LogP contribution >= 0.6 is 11.6 Å². The average molecular weight is 243 g/mol. The summed E-state index contributed by atoms with van der Waals surface area (Å²) in [6.45, 7) is 5.65. The summed E-state index contributed by atoms with van der Waals surface area (Å²) in [7, 11) is 0. The molecule has 1 fully saturated rings. The van der Waals surface area contributed by atoms with Crippen molar-refractivity contribution < 1.29 is 4.39 Å². The fourth-order valence-corrected chi connectivity index (χ4v) is 2.11. The van der Waals surface area contributed by atoms with Gasteiger partial charge in [0.05, 0.1) is 5.02 Å². The standard InChI is InChI=1S/C12H16ClFN2/c1-2-16(10-6-15-7-10)8-9-4-3-5-11(13)12(9)14/h3-5,10,15H,2,6-8H2,1H3. The van der Waals surface area contributed by atoms with Crippen molar-refractivity contribution in [3.8, 4) is 0 Å². The first-order valence-corrected chi connectivity index (χ1v) is 5.97. The minimum absolute atomic E-state index is 0.209. The second-order valence-electron chi connectivity index (χ2n) is 4.09. The number of rotatable bonds is 4. The van der Waals surface area contributed by atoms with E-state index < -0.39 is 0 Å². The highest BCUT2D eigenvalue weighted by Gasteiger charge is 2.24. The van der Waals surface area contributed by atoms with E-state index in [1.807, 2.05) is 0 Å². The number of halogens is 2. The third-order valence-electron chi connectivity index (χ3n) is 3.09. The van der Waals surface area contributed by atoms with Gasteiger partial charge < -0.3 is 5.32 Å². The first kappa shape index (κ1) is 11.8. The molecule has 0 unspecified atom stereocenters. The monoisotopic (exact) mass is 242 g/mol. The van der Waals surface area contributed by atoms with Crippen LogP contribution in [0.25, 0.3) is 0 Å². The summed E-state index contributed by atoms with van der Waals surface area (Å²) in [6, 6.07) is 5.72. The van der Waals surface area contributed by atoms with Gasteiger partial charge in [0, 0.05) is 31.2 Å². The van der Waals surface area contributed by atoms with Gasteiger partial charge in [-0.25, -0.2) is 4.39 Å². The second kappa shape index (κ2) is 5.13. The van der Waals surface area contributed by atoms with Gasteiger partial charge in [-0.2, -0.15) is 0 Å². The Bertz CT molecular complexity index is 366. The number of benzene rings is 1. The van der Waals surface area contributed by atoms with E-state index in [-0.39, 0.29) is 10.8 Å². The van der Waals surface area contributed by atoms with Crippen LogP contribution in [0.4, 0.5) is 4.39 Å². The maximum Gasteiger partial charge on any atom is 0.146 e. The van der Waals surface area contributed by atoms with Gasteiger partial charge in [0.1, 0.15) is 5.82 Å². The molecule has 0 aromatic heterocycles. The SMILES string of the molecule is CCN(Cc1cccc(Cl)c1F)C1CNC1. The zero-order valence-electron chi connectivity index (χ0n) is 9.34. The van der Waals surface area contributed by atoms with Crippen molar-refractivity contribution in [2.75, 3.05) is 19.6 Å². The molecule has 0 amide bonds. The van der Waals surface area contributed by atoms with Crippen LogP contribution in [0.2, 0.25) is 5.02 Å². The molecular formula is C12H16ClFN2. The Morgan fingerprint density at radius 1 is 1.50 bits per heavy atom. The molecule has 0 spiro atoms. The molecule has 88 valence electrons. The maximum absolute atomic E-state index is 13.7. The minimum Gasteiger partial charge on any atom is -0.314 e. The van der Waals surface area contributed by atoms with Crippen molar-refractivity contribution in [3.05, 3.63) is 34.6 Å². The maximum atomic E-state index is 13.7. The first-order valence-electron chi connectivity index (χ1n) is 5.60. The Kier molecular flexibility index (Phi) is 3.79. The van der Waals surface area contributed by atoms with Gasteiger partial charge in [-0.1, -0.05) is 30.7 Å². The first-order chi connectivity index (χ1) is 7.72. The van der Waals surface area contributed by atoms with E-state index in [0.717, 1.165) is 19.6 Å². The van der Waals surface area contributed by atoms with Crippen molar-refractivity contribution >= 4 is 11.6 Å². The summed E-state index contributed by atoms with van der Waals surface area (Å²) < 4.78 is 13.7. The van der Waals surface area contributed by atoms with Crippen LogP contribution in [0.15, 0.2) is 18.2 Å². The third kappa shape index (κ3) is 2.37. The van der Waals surface area contributed by atoms with Crippen molar-refractivity contribution in [2.45, 2.75) is 19.5 Å². The number of hydrogen-bond acceptors (Lipinski definition) is 2.